The summed E-state index contributed by atoms with van der Waals surface area (Å²) in [6.07, 6.45) is 3.40. The van der Waals surface area contributed by atoms with Gasteiger partial charge in [0, 0.05) is 30.7 Å². The molecule has 0 amide bonds. The van der Waals surface area contributed by atoms with Gasteiger partial charge >= 0.3 is 0 Å². The summed E-state index contributed by atoms with van der Waals surface area (Å²) in [5.41, 5.74) is 2.70. The van der Waals surface area contributed by atoms with Crippen molar-refractivity contribution in [2.24, 2.45) is 7.05 Å². The highest BCUT2D eigenvalue weighted by Gasteiger charge is 2.04. The van der Waals surface area contributed by atoms with E-state index in [1.165, 1.54) is 22.9 Å². The van der Waals surface area contributed by atoms with Crippen LogP contribution in [0.1, 0.15) is 18.9 Å². The van der Waals surface area contributed by atoms with E-state index in [-0.39, 0.29) is 12.4 Å². The van der Waals surface area contributed by atoms with Crippen LogP contribution in [0.5, 0.6) is 0 Å². The van der Waals surface area contributed by atoms with Gasteiger partial charge in [-0.25, -0.2) is 0 Å². The highest BCUT2D eigenvalue weighted by Crippen LogP contribution is 2.19. The van der Waals surface area contributed by atoms with Crippen LogP contribution in [0.3, 0.4) is 0 Å². The van der Waals surface area contributed by atoms with Crippen molar-refractivity contribution >= 4 is 23.3 Å². The molecule has 1 N–H and O–H groups in total. The minimum Gasteiger partial charge on any atom is -0.350 e. The number of rotatable bonds is 4. The molecule has 88 valence electrons. The maximum atomic E-state index is 3.44. The molecule has 0 aliphatic heterocycles. The number of hydrogen-bond acceptors (Lipinski definition) is 1. The molecule has 1 aromatic heterocycles. The molecule has 0 bridgehead atoms. The Hall–Kier alpha value is -0.990. The molecule has 0 aliphatic rings. The first-order valence-corrected chi connectivity index (χ1v) is 5.56. The predicted molar refractivity (Wildman–Crippen MR) is 72.2 cm³/mol. The highest BCUT2D eigenvalue weighted by molar-refractivity contribution is 5.85. The number of nitrogens with zero attached hydrogens (tertiary/aromatic N) is 1. The van der Waals surface area contributed by atoms with E-state index in [0.717, 1.165) is 13.1 Å². The van der Waals surface area contributed by atoms with Crippen molar-refractivity contribution in [1.82, 2.24) is 9.88 Å². The van der Waals surface area contributed by atoms with Gasteiger partial charge in [0.1, 0.15) is 0 Å². The SMILES string of the molecule is CCCNCc1cn(C)c2ccccc12.Cl. The first-order chi connectivity index (χ1) is 7.33. The van der Waals surface area contributed by atoms with Crippen molar-refractivity contribution in [3.05, 3.63) is 36.0 Å². The van der Waals surface area contributed by atoms with E-state index in [1.807, 2.05) is 0 Å². The van der Waals surface area contributed by atoms with Gasteiger partial charge in [-0.2, -0.15) is 0 Å². The Bertz CT molecular complexity index is 448. The van der Waals surface area contributed by atoms with Crippen molar-refractivity contribution in [2.45, 2.75) is 19.9 Å². The number of benzene rings is 1. The van der Waals surface area contributed by atoms with E-state index >= 15 is 0 Å². The summed E-state index contributed by atoms with van der Waals surface area (Å²) in [5, 5.41) is 4.81. The van der Waals surface area contributed by atoms with E-state index in [0.29, 0.717) is 0 Å². The van der Waals surface area contributed by atoms with Crippen molar-refractivity contribution < 1.29 is 0 Å². The summed E-state index contributed by atoms with van der Waals surface area (Å²) in [6, 6.07) is 8.55. The van der Waals surface area contributed by atoms with Crippen LogP contribution in [-0.4, -0.2) is 11.1 Å². The molecule has 0 unspecified atom stereocenters. The van der Waals surface area contributed by atoms with E-state index in [2.05, 4.69) is 54.3 Å². The Kier molecular flexibility index (Phi) is 4.84. The average Bonchev–Trinajstić information content (AvgIpc) is 2.58. The third-order valence-electron chi connectivity index (χ3n) is 2.72. The fourth-order valence-electron chi connectivity index (χ4n) is 1.97. The zero-order valence-electron chi connectivity index (χ0n) is 9.86. The topological polar surface area (TPSA) is 17.0 Å². The van der Waals surface area contributed by atoms with Crippen LogP contribution >= 0.6 is 12.4 Å². The van der Waals surface area contributed by atoms with Gasteiger partial charge in [0.25, 0.3) is 0 Å². The third-order valence-corrected chi connectivity index (χ3v) is 2.72. The van der Waals surface area contributed by atoms with Gasteiger partial charge in [-0.15, -0.1) is 12.4 Å². The molecule has 1 heterocycles. The second kappa shape index (κ2) is 5.92. The van der Waals surface area contributed by atoms with Gasteiger partial charge in [0.05, 0.1) is 0 Å². The lowest BCUT2D eigenvalue weighted by atomic mass is 10.2. The largest absolute Gasteiger partial charge is 0.350 e. The molecule has 0 saturated heterocycles. The molecular formula is C13H19ClN2. The minimum absolute atomic E-state index is 0. The van der Waals surface area contributed by atoms with E-state index < -0.39 is 0 Å². The first-order valence-electron chi connectivity index (χ1n) is 5.56. The zero-order chi connectivity index (χ0) is 10.7. The van der Waals surface area contributed by atoms with Crippen molar-refractivity contribution in [2.75, 3.05) is 6.54 Å². The van der Waals surface area contributed by atoms with Gasteiger partial charge < -0.3 is 9.88 Å². The van der Waals surface area contributed by atoms with Gasteiger partial charge in [-0.3, -0.25) is 0 Å². The first kappa shape index (κ1) is 13.1. The molecule has 2 nitrogen and oxygen atoms in total. The van der Waals surface area contributed by atoms with E-state index in [9.17, 15) is 0 Å². The number of halogens is 1. The quantitative estimate of drug-likeness (QED) is 0.810. The summed E-state index contributed by atoms with van der Waals surface area (Å²) < 4.78 is 2.19. The monoisotopic (exact) mass is 238 g/mol. The molecule has 0 spiro atoms. The van der Waals surface area contributed by atoms with Crippen LogP contribution in [0.2, 0.25) is 0 Å². The molecule has 0 aliphatic carbocycles. The number of fused-ring (bicyclic) bond motifs is 1. The maximum absolute atomic E-state index is 3.44. The molecule has 2 rings (SSSR count). The lowest BCUT2D eigenvalue weighted by Crippen LogP contribution is -2.13. The van der Waals surface area contributed by atoms with Crippen LogP contribution in [0.4, 0.5) is 0 Å². The zero-order valence-corrected chi connectivity index (χ0v) is 10.7. The highest BCUT2D eigenvalue weighted by atomic mass is 35.5. The summed E-state index contributed by atoms with van der Waals surface area (Å²) >= 11 is 0. The van der Waals surface area contributed by atoms with Gasteiger partial charge in [0.15, 0.2) is 0 Å². The Balaban J connectivity index is 0.00000128. The van der Waals surface area contributed by atoms with E-state index in [4.69, 9.17) is 0 Å². The molecule has 0 fully saturated rings. The van der Waals surface area contributed by atoms with Crippen molar-refractivity contribution in [1.29, 1.82) is 0 Å². The van der Waals surface area contributed by atoms with Crippen LogP contribution < -0.4 is 5.32 Å². The predicted octanol–water partition coefficient (Wildman–Crippen LogP) is 3.10. The van der Waals surface area contributed by atoms with Gasteiger partial charge in [0.2, 0.25) is 0 Å². The molecule has 0 saturated carbocycles. The number of nitrogens with one attached hydrogen (secondary N) is 1. The Labute approximate surface area is 103 Å². The fraction of sp³-hybridized carbons (Fsp3) is 0.385. The smallest absolute Gasteiger partial charge is 0.0481 e. The minimum atomic E-state index is 0. The Morgan fingerprint density at radius 2 is 2.00 bits per heavy atom. The Morgan fingerprint density at radius 1 is 1.25 bits per heavy atom. The molecule has 3 heteroatoms. The summed E-state index contributed by atoms with van der Waals surface area (Å²) in [7, 11) is 2.10. The molecule has 16 heavy (non-hydrogen) atoms. The molecule has 0 radical (unpaired) electrons. The second-order valence-electron chi connectivity index (χ2n) is 3.96. The standard InChI is InChI=1S/C13H18N2.ClH/c1-3-8-14-9-11-10-15(2)13-7-5-4-6-12(11)13;/h4-7,10,14H,3,8-9H2,1-2H3;1H. The van der Waals surface area contributed by atoms with Crippen LogP contribution in [0.15, 0.2) is 30.5 Å². The van der Waals surface area contributed by atoms with Crippen molar-refractivity contribution in [3.63, 3.8) is 0 Å². The maximum Gasteiger partial charge on any atom is 0.0481 e. The normalized spacial score (nSPS) is 10.4. The number of hydrogen-bond donors (Lipinski definition) is 1. The summed E-state index contributed by atoms with van der Waals surface area (Å²) in [5.74, 6) is 0. The fourth-order valence-corrected chi connectivity index (χ4v) is 1.97. The van der Waals surface area contributed by atoms with Crippen LogP contribution in [-0.2, 0) is 13.6 Å². The Morgan fingerprint density at radius 3 is 2.75 bits per heavy atom. The molecule has 1 aromatic carbocycles. The third kappa shape index (κ3) is 2.57. The van der Waals surface area contributed by atoms with Crippen molar-refractivity contribution in [3.8, 4) is 0 Å². The van der Waals surface area contributed by atoms with Crippen LogP contribution in [0, 0.1) is 0 Å². The molecule has 0 atom stereocenters. The summed E-state index contributed by atoms with van der Waals surface area (Å²) in [6.45, 7) is 4.24. The van der Waals surface area contributed by atoms with Gasteiger partial charge in [-0.05, 0) is 24.6 Å². The number of aryl methyl sites for hydroxylation is 1. The lowest BCUT2D eigenvalue weighted by molar-refractivity contribution is 0.676. The molecular weight excluding hydrogens is 220 g/mol. The van der Waals surface area contributed by atoms with E-state index in [1.54, 1.807) is 0 Å². The number of para-hydroxylation sites is 1. The average molecular weight is 239 g/mol. The van der Waals surface area contributed by atoms with Crippen LogP contribution in [0.25, 0.3) is 10.9 Å². The number of aromatic nitrogens is 1. The molecule has 2 aromatic rings. The lowest BCUT2D eigenvalue weighted by Gasteiger charge is -2.00. The van der Waals surface area contributed by atoms with Gasteiger partial charge in [-0.1, -0.05) is 25.1 Å². The second-order valence-corrected chi connectivity index (χ2v) is 3.96. The summed E-state index contributed by atoms with van der Waals surface area (Å²) in [4.78, 5) is 0.